The zero-order chi connectivity index (χ0) is 10.7. The summed E-state index contributed by atoms with van der Waals surface area (Å²) < 4.78 is 24.7. The molecule has 0 amide bonds. The van der Waals surface area contributed by atoms with Crippen molar-refractivity contribution >= 4 is 6.29 Å². The van der Waals surface area contributed by atoms with Gasteiger partial charge in [0.15, 0.2) is 6.29 Å². The molecule has 0 aromatic carbocycles. The second kappa shape index (κ2) is 4.10. The van der Waals surface area contributed by atoms with Crippen LogP contribution in [0.5, 0.6) is 0 Å². The van der Waals surface area contributed by atoms with Crippen LogP contribution in [-0.4, -0.2) is 11.3 Å². The minimum Gasteiger partial charge on any atom is -0.328 e. The van der Waals surface area contributed by atoms with Crippen molar-refractivity contribution in [3.8, 4) is 0 Å². The first kappa shape index (κ1) is 10.5. The van der Waals surface area contributed by atoms with Crippen LogP contribution in [-0.2, 0) is 6.54 Å². The fourth-order valence-corrected chi connectivity index (χ4v) is 1.13. The number of hydrogen-bond acceptors (Lipinski definition) is 3. The molecule has 1 rings (SSSR count). The van der Waals surface area contributed by atoms with Gasteiger partial charge < -0.3 is 10.7 Å². The van der Waals surface area contributed by atoms with E-state index in [-0.39, 0.29) is 24.0 Å². The molecule has 76 valence electrons. The van der Waals surface area contributed by atoms with Gasteiger partial charge in [0.1, 0.15) is 0 Å². The van der Waals surface area contributed by atoms with Crippen LogP contribution in [0.4, 0.5) is 8.78 Å². The highest BCUT2D eigenvalue weighted by atomic mass is 19.3. The summed E-state index contributed by atoms with van der Waals surface area (Å²) in [6.07, 6.45) is -1.76. The molecular formula is C8H8F2N2O2. The van der Waals surface area contributed by atoms with Crippen molar-refractivity contribution in [3.05, 3.63) is 33.2 Å². The third-order valence-electron chi connectivity index (χ3n) is 1.83. The molecule has 3 N–H and O–H groups in total. The van der Waals surface area contributed by atoms with E-state index in [1.165, 1.54) is 0 Å². The molecule has 0 saturated heterocycles. The summed E-state index contributed by atoms with van der Waals surface area (Å²) >= 11 is 0. The van der Waals surface area contributed by atoms with E-state index in [0.717, 1.165) is 6.20 Å². The average Bonchev–Trinajstić information content (AvgIpc) is 2.16. The normalized spacial score (nSPS) is 10.6. The molecule has 14 heavy (non-hydrogen) atoms. The largest absolute Gasteiger partial charge is 0.328 e. The van der Waals surface area contributed by atoms with Crippen LogP contribution in [0.1, 0.15) is 27.9 Å². The number of carbonyl (C=O) groups is 1. The van der Waals surface area contributed by atoms with Crippen molar-refractivity contribution in [3.63, 3.8) is 0 Å². The van der Waals surface area contributed by atoms with Gasteiger partial charge in [0.05, 0.1) is 0 Å². The van der Waals surface area contributed by atoms with E-state index < -0.39 is 17.5 Å². The summed E-state index contributed by atoms with van der Waals surface area (Å²) in [5.41, 5.74) is 3.63. The lowest BCUT2D eigenvalue weighted by Gasteiger charge is -2.06. The molecule has 0 radical (unpaired) electrons. The van der Waals surface area contributed by atoms with E-state index in [4.69, 9.17) is 5.73 Å². The second-order valence-corrected chi connectivity index (χ2v) is 2.59. The Kier molecular flexibility index (Phi) is 3.08. The van der Waals surface area contributed by atoms with Gasteiger partial charge in [-0.3, -0.25) is 9.59 Å². The molecule has 0 fully saturated rings. The molecule has 1 aromatic heterocycles. The molecule has 0 bridgehead atoms. The third-order valence-corrected chi connectivity index (χ3v) is 1.83. The predicted molar refractivity (Wildman–Crippen MR) is 45.3 cm³/mol. The first-order chi connectivity index (χ1) is 6.61. The minimum atomic E-state index is -2.81. The molecular weight excluding hydrogens is 194 g/mol. The van der Waals surface area contributed by atoms with Crippen LogP contribution < -0.4 is 11.3 Å². The molecule has 0 aliphatic heterocycles. The SMILES string of the molecule is NCc1c(C=O)c(C(F)F)c[nH]c1=O. The molecule has 1 aromatic rings. The zero-order valence-electron chi connectivity index (χ0n) is 7.09. The smallest absolute Gasteiger partial charge is 0.265 e. The van der Waals surface area contributed by atoms with Crippen LogP contribution in [0.25, 0.3) is 0 Å². The van der Waals surface area contributed by atoms with Gasteiger partial charge in [-0.15, -0.1) is 0 Å². The maximum absolute atomic E-state index is 12.3. The topological polar surface area (TPSA) is 76.0 Å². The number of rotatable bonds is 3. The number of carbonyl (C=O) groups excluding carboxylic acids is 1. The van der Waals surface area contributed by atoms with Crippen molar-refractivity contribution < 1.29 is 13.6 Å². The fourth-order valence-electron chi connectivity index (χ4n) is 1.13. The first-order valence-electron chi connectivity index (χ1n) is 3.79. The van der Waals surface area contributed by atoms with Crippen LogP contribution in [0.2, 0.25) is 0 Å². The van der Waals surface area contributed by atoms with Crippen molar-refractivity contribution in [2.75, 3.05) is 0 Å². The van der Waals surface area contributed by atoms with Crippen molar-refractivity contribution in [1.29, 1.82) is 0 Å². The number of halogens is 2. The van der Waals surface area contributed by atoms with Gasteiger partial charge in [0, 0.05) is 29.4 Å². The van der Waals surface area contributed by atoms with Crippen LogP contribution in [0.15, 0.2) is 11.0 Å². The number of aromatic nitrogens is 1. The number of nitrogens with one attached hydrogen (secondary N) is 1. The van der Waals surface area contributed by atoms with Crippen LogP contribution >= 0.6 is 0 Å². The summed E-state index contributed by atoms with van der Waals surface area (Å²) in [5, 5.41) is 0. The van der Waals surface area contributed by atoms with Crippen LogP contribution in [0.3, 0.4) is 0 Å². The van der Waals surface area contributed by atoms with E-state index in [1.54, 1.807) is 0 Å². The molecule has 0 aliphatic rings. The molecule has 1 heterocycles. The van der Waals surface area contributed by atoms with Gasteiger partial charge in [0.25, 0.3) is 12.0 Å². The minimum absolute atomic E-state index is 0.113. The van der Waals surface area contributed by atoms with Crippen molar-refractivity contribution in [2.45, 2.75) is 13.0 Å². The molecule has 6 heteroatoms. The summed E-state index contributed by atoms with van der Waals surface area (Å²) in [7, 11) is 0. The van der Waals surface area contributed by atoms with Gasteiger partial charge in [-0.1, -0.05) is 0 Å². The Balaban J connectivity index is 3.48. The predicted octanol–water partition coefficient (Wildman–Crippen LogP) is 0.584. The fraction of sp³-hybridized carbons (Fsp3) is 0.250. The van der Waals surface area contributed by atoms with Crippen molar-refractivity contribution in [1.82, 2.24) is 4.98 Å². The van der Waals surface area contributed by atoms with Crippen LogP contribution in [0, 0.1) is 0 Å². The molecule has 0 unspecified atom stereocenters. The van der Waals surface area contributed by atoms with E-state index in [0.29, 0.717) is 0 Å². The Hall–Kier alpha value is -1.56. The molecule has 0 aliphatic carbocycles. The van der Waals surface area contributed by atoms with E-state index >= 15 is 0 Å². The summed E-state index contributed by atoms with van der Waals surface area (Å²) in [6, 6.07) is 0. The summed E-state index contributed by atoms with van der Waals surface area (Å²) in [5.74, 6) is 0. The number of alkyl halides is 2. The lowest BCUT2D eigenvalue weighted by atomic mass is 10.1. The number of pyridine rings is 1. The lowest BCUT2D eigenvalue weighted by Crippen LogP contribution is -2.20. The maximum Gasteiger partial charge on any atom is 0.265 e. The van der Waals surface area contributed by atoms with Gasteiger partial charge in [-0.05, 0) is 0 Å². The van der Waals surface area contributed by atoms with Gasteiger partial charge in [-0.2, -0.15) is 0 Å². The summed E-state index contributed by atoms with van der Waals surface area (Å²) in [6.45, 7) is -0.246. The number of aromatic amines is 1. The van der Waals surface area contributed by atoms with Gasteiger partial charge in [-0.25, -0.2) is 8.78 Å². The highest BCUT2D eigenvalue weighted by molar-refractivity contribution is 5.79. The Morgan fingerprint density at radius 2 is 2.21 bits per heavy atom. The lowest BCUT2D eigenvalue weighted by molar-refractivity contribution is 0.110. The molecule has 0 atom stereocenters. The van der Waals surface area contributed by atoms with E-state index in [9.17, 15) is 18.4 Å². The quantitative estimate of drug-likeness (QED) is 0.704. The monoisotopic (exact) mass is 202 g/mol. The van der Waals surface area contributed by atoms with Gasteiger partial charge in [0.2, 0.25) is 0 Å². The third kappa shape index (κ3) is 1.69. The number of hydrogen-bond donors (Lipinski definition) is 2. The Bertz CT molecular complexity index is 401. The van der Waals surface area contributed by atoms with E-state index in [2.05, 4.69) is 4.98 Å². The highest BCUT2D eigenvalue weighted by Crippen LogP contribution is 2.21. The second-order valence-electron chi connectivity index (χ2n) is 2.59. The standard InChI is InChI=1S/C8H8F2N2O2/c9-7(10)5-2-12-8(14)4(1-11)6(5)3-13/h2-3,7H,1,11H2,(H,12,14). The van der Waals surface area contributed by atoms with E-state index in [1.807, 2.05) is 0 Å². The average molecular weight is 202 g/mol. The Labute approximate surface area is 77.7 Å². The highest BCUT2D eigenvalue weighted by Gasteiger charge is 2.17. The zero-order valence-corrected chi connectivity index (χ0v) is 7.09. The number of H-pyrrole nitrogens is 1. The summed E-state index contributed by atoms with van der Waals surface area (Å²) in [4.78, 5) is 23.7. The Morgan fingerprint density at radius 3 is 2.64 bits per heavy atom. The van der Waals surface area contributed by atoms with Crippen molar-refractivity contribution in [2.24, 2.45) is 5.73 Å². The molecule has 4 nitrogen and oxygen atoms in total. The molecule has 0 saturated carbocycles. The number of nitrogens with two attached hydrogens (primary N) is 1. The molecule has 0 spiro atoms. The first-order valence-corrected chi connectivity index (χ1v) is 3.79. The number of aldehydes is 1. The van der Waals surface area contributed by atoms with Gasteiger partial charge >= 0.3 is 0 Å². The maximum atomic E-state index is 12.3. The Morgan fingerprint density at radius 1 is 1.57 bits per heavy atom.